The summed E-state index contributed by atoms with van der Waals surface area (Å²) >= 11 is 1.53. The number of carbonyl (C=O) groups excluding carboxylic acids is 3. The van der Waals surface area contributed by atoms with E-state index in [-0.39, 0.29) is 30.9 Å². The van der Waals surface area contributed by atoms with Crippen LogP contribution >= 0.6 is 11.8 Å². The maximum atomic E-state index is 14.4. The van der Waals surface area contributed by atoms with Crippen LogP contribution in [0.2, 0.25) is 0 Å². The van der Waals surface area contributed by atoms with E-state index in [0.29, 0.717) is 13.2 Å². The maximum Gasteiger partial charge on any atom is 0.311 e. The van der Waals surface area contributed by atoms with Gasteiger partial charge in [-0.05, 0) is 51.2 Å². The topological polar surface area (TPSA) is 87.2 Å². The molecule has 4 heterocycles. The molecule has 36 heavy (non-hydrogen) atoms. The summed E-state index contributed by atoms with van der Waals surface area (Å²) in [6, 6.07) is 5.09. The number of hydrogen-bond acceptors (Lipinski definition) is 6. The van der Waals surface area contributed by atoms with Crippen molar-refractivity contribution in [3.8, 4) is 0 Å². The zero-order chi connectivity index (χ0) is 25.7. The quantitative estimate of drug-likeness (QED) is 0.497. The van der Waals surface area contributed by atoms with E-state index in [1.165, 1.54) is 16.7 Å². The molecular weight excluding hydrogens is 476 g/mol. The molecule has 8 heteroatoms. The van der Waals surface area contributed by atoms with Crippen molar-refractivity contribution >= 4 is 35.2 Å². The molecule has 0 radical (unpaired) electrons. The molecule has 0 aliphatic carbocycles. The molecule has 1 aromatic carbocycles. The Morgan fingerprint density at radius 1 is 1.06 bits per heavy atom. The molecular formula is C28H34N2O5S. The van der Waals surface area contributed by atoms with E-state index >= 15 is 0 Å². The smallest absolute Gasteiger partial charge is 0.311 e. The molecule has 4 aliphatic rings. The largest absolute Gasteiger partial charge is 0.465 e. The Hall–Kier alpha value is -2.58. The van der Waals surface area contributed by atoms with Gasteiger partial charge in [0.2, 0.25) is 5.91 Å². The Labute approximate surface area is 216 Å². The molecule has 1 N–H and O–H groups in total. The number of para-hydroxylation sites is 1. The number of hydrogen-bond donors (Lipinski definition) is 1. The van der Waals surface area contributed by atoms with E-state index in [2.05, 4.69) is 12.2 Å². The van der Waals surface area contributed by atoms with E-state index < -0.39 is 27.4 Å². The molecule has 7 nitrogen and oxygen atoms in total. The summed E-state index contributed by atoms with van der Waals surface area (Å²) in [5, 5.41) is 9.86. The molecule has 2 saturated heterocycles. The Morgan fingerprint density at radius 3 is 2.53 bits per heavy atom. The number of β-amino-alcohol motifs (C(OH)–C–C–N with tert-alkyl or cyclic N) is 1. The molecule has 5 rings (SSSR count). The van der Waals surface area contributed by atoms with Crippen LogP contribution in [0.3, 0.4) is 0 Å². The van der Waals surface area contributed by atoms with E-state index in [4.69, 9.17) is 4.74 Å². The highest BCUT2D eigenvalue weighted by Crippen LogP contribution is 2.65. The van der Waals surface area contributed by atoms with Crippen molar-refractivity contribution in [2.24, 2.45) is 11.8 Å². The first-order chi connectivity index (χ1) is 17.2. The lowest BCUT2D eigenvalue weighted by Gasteiger charge is -2.37. The molecule has 5 atom stereocenters. The first-order valence-corrected chi connectivity index (χ1v) is 13.6. The van der Waals surface area contributed by atoms with Gasteiger partial charge in [-0.1, -0.05) is 42.5 Å². The standard InChI is InChI=1S/C28H34N2O5S/c1-18-10-8-11-19(2)22(18)29-14-9-13-28-20(24(32)30(15-16-31)23(28)25(29)33)21-26(34)35-17-7-5-4-6-12-27(21,3)36-28/h6,8-13,20-21,23,31H,4-5,7,14-17H2,1-3H3/b12-6-/t20-,21+,23?,27-,28-/m0/s1. The van der Waals surface area contributed by atoms with Gasteiger partial charge in [-0.3, -0.25) is 14.4 Å². The minimum atomic E-state index is -0.939. The highest BCUT2D eigenvalue weighted by molar-refractivity contribution is 8.02. The number of fused-ring (bicyclic) bond motifs is 2. The first kappa shape index (κ1) is 25.1. The van der Waals surface area contributed by atoms with Gasteiger partial charge in [0.15, 0.2) is 0 Å². The molecule has 2 amide bonds. The monoisotopic (exact) mass is 510 g/mol. The highest BCUT2D eigenvalue weighted by atomic mass is 32.2. The van der Waals surface area contributed by atoms with Gasteiger partial charge in [0.05, 0.1) is 29.8 Å². The fraction of sp³-hybridized carbons (Fsp3) is 0.536. The number of anilines is 1. The number of esters is 1. The number of benzene rings is 1. The predicted molar refractivity (Wildman–Crippen MR) is 140 cm³/mol. The number of ether oxygens (including phenoxy) is 1. The second-order valence-corrected chi connectivity index (χ2v) is 12.2. The third-order valence-electron chi connectivity index (χ3n) is 8.05. The van der Waals surface area contributed by atoms with Crippen LogP contribution < -0.4 is 4.90 Å². The summed E-state index contributed by atoms with van der Waals surface area (Å²) in [6.45, 7) is 6.43. The summed E-state index contributed by atoms with van der Waals surface area (Å²) in [4.78, 5) is 45.2. The number of carbonyl (C=O) groups is 3. The van der Waals surface area contributed by atoms with Gasteiger partial charge in [0.25, 0.3) is 5.91 Å². The van der Waals surface area contributed by atoms with Crippen LogP contribution in [0.4, 0.5) is 5.69 Å². The van der Waals surface area contributed by atoms with Gasteiger partial charge in [-0.2, -0.15) is 0 Å². The number of cyclic esters (lactones) is 1. The van der Waals surface area contributed by atoms with Crippen molar-refractivity contribution in [1.82, 2.24) is 4.90 Å². The molecule has 4 aliphatic heterocycles. The summed E-state index contributed by atoms with van der Waals surface area (Å²) in [6.07, 6.45) is 10.7. The molecule has 192 valence electrons. The summed E-state index contributed by atoms with van der Waals surface area (Å²) in [5.74, 6) is -2.30. The van der Waals surface area contributed by atoms with E-state index in [1.54, 1.807) is 4.90 Å². The molecule has 2 fully saturated rings. The minimum absolute atomic E-state index is 0.0385. The average molecular weight is 511 g/mol. The van der Waals surface area contributed by atoms with Crippen LogP contribution in [0.15, 0.2) is 42.5 Å². The third-order valence-corrected chi connectivity index (χ3v) is 9.85. The van der Waals surface area contributed by atoms with Gasteiger partial charge in [0, 0.05) is 23.5 Å². The zero-order valence-electron chi connectivity index (χ0n) is 21.1. The molecule has 1 spiro atoms. The van der Waals surface area contributed by atoms with Gasteiger partial charge in [-0.15, -0.1) is 11.8 Å². The molecule has 1 aromatic rings. The molecule has 0 bridgehead atoms. The molecule has 1 unspecified atom stereocenters. The third kappa shape index (κ3) is 3.72. The Morgan fingerprint density at radius 2 is 1.81 bits per heavy atom. The van der Waals surface area contributed by atoms with Gasteiger partial charge >= 0.3 is 5.97 Å². The van der Waals surface area contributed by atoms with Crippen molar-refractivity contribution < 1.29 is 24.2 Å². The van der Waals surface area contributed by atoms with Crippen LogP contribution in [0.1, 0.15) is 37.3 Å². The van der Waals surface area contributed by atoms with Gasteiger partial charge < -0.3 is 19.6 Å². The number of thioether (sulfide) groups is 1. The molecule has 0 aromatic heterocycles. The number of aliphatic hydroxyl groups is 1. The van der Waals surface area contributed by atoms with Crippen molar-refractivity contribution in [2.75, 3.05) is 31.2 Å². The molecule has 0 saturated carbocycles. The number of aryl methyl sites for hydroxylation is 2. The Balaban J connectivity index is 1.66. The number of likely N-dealkylation sites (tertiary alicyclic amines) is 1. The summed E-state index contributed by atoms with van der Waals surface area (Å²) in [7, 11) is 0. The van der Waals surface area contributed by atoms with Gasteiger partial charge in [-0.25, -0.2) is 0 Å². The van der Waals surface area contributed by atoms with Crippen molar-refractivity contribution in [1.29, 1.82) is 0 Å². The van der Waals surface area contributed by atoms with Crippen LogP contribution in [-0.2, 0) is 19.1 Å². The second-order valence-electron chi connectivity index (χ2n) is 10.4. The van der Waals surface area contributed by atoms with Crippen LogP contribution in [0, 0.1) is 25.7 Å². The number of nitrogens with zero attached hydrogens (tertiary/aromatic N) is 2. The van der Waals surface area contributed by atoms with Crippen molar-refractivity contribution in [3.63, 3.8) is 0 Å². The first-order valence-electron chi connectivity index (χ1n) is 12.8. The van der Waals surface area contributed by atoms with Gasteiger partial charge in [0.1, 0.15) is 6.04 Å². The number of allylic oxidation sites excluding steroid dienone is 1. The lowest BCUT2D eigenvalue weighted by molar-refractivity contribution is -0.154. The van der Waals surface area contributed by atoms with E-state index in [0.717, 1.165) is 36.1 Å². The van der Waals surface area contributed by atoms with Crippen LogP contribution in [0.25, 0.3) is 0 Å². The normalized spacial score (nSPS) is 35.1. The van der Waals surface area contributed by atoms with E-state index in [1.807, 2.05) is 51.1 Å². The SMILES string of the molecule is Cc1cccc(C)c1N1CC=C[C@]23S[C@@]4(C)/C=C\CCCCOC(=O)[C@H]4[C@H]2C(=O)N(CCO)C3C1=O. The minimum Gasteiger partial charge on any atom is -0.465 e. The number of rotatable bonds is 3. The predicted octanol–water partition coefficient (Wildman–Crippen LogP) is 3.17. The Bertz CT molecular complexity index is 1130. The van der Waals surface area contributed by atoms with E-state index in [9.17, 15) is 19.5 Å². The van der Waals surface area contributed by atoms with Crippen molar-refractivity contribution in [3.05, 3.63) is 53.6 Å². The van der Waals surface area contributed by atoms with Crippen LogP contribution in [-0.4, -0.2) is 69.6 Å². The summed E-state index contributed by atoms with van der Waals surface area (Å²) < 4.78 is 4.04. The second kappa shape index (κ2) is 9.38. The summed E-state index contributed by atoms with van der Waals surface area (Å²) in [5.41, 5.74) is 2.81. The highest BCUT2D eigenvalue weighted by Gasteiger charge is 2.73. The average Bonchev–Trinajstić information content (AvgIpc) is 3.15. The Kier molecular flexibility index (Phi) is 6.53. The zero-order valence-corrected chi connectivity index (χ0v) is 21.9. The number of aliphatic hydroxyl groups excluding tert-OH is 1. The van der Waals surface area contributed by atoms with Crippen LogP contribution in [0.5, 0.6) is 0 Å². The van der Waals surface area contributed by atoms with Crippen molar-refractivity contribution in [2.45, 2.75) is 55.6 Å². The fourth-order valence-electron chi connectivity index (χ4n) is 6.58. The lowest BCUT2D eigenvalue weighted by atomic mass is 9.74. The number of amides is 2. The maximum absolute atomic E-state index is 14.4. The fourth-order valence-corrected chi connectivity index (χ4v) is 8.73. The lowest BCUT2D eigenvalue weighted by Crippen LogP contribution is -2.54.